The van der Waals surface area contributed by atoms with Crippen LogP contribution in [0.4, 0.5) is 0 Å². The molecule has 2 aromatic rings. The van der Waals surface area contributed by atoms with Crippen LogP contribution < -0.4 is 9.47 Å². The Kier molecular flexibility index (Phi) is 6.16. The fraction of sp³-hybridized carbons (Fsp3) is 0.409. The van der Waals surface area contributed by atoms with E-state index in [2.05, 4.69) is 19.1 Å². The second-order valence-electron chi connectivity index (χ2n) is 6.72. The molecule has 1 fully saturated rings. The minimum Gasteiger partial charge on any atom is -0.493 e. The van der Waals surface area contributed by atoms with Gasteiger partial charge >= 0.3 is 0 Å². The summed E-state index contributed by atoms with van der Waals surface area (Å²) in [7, 11) is 1.61. The lowest BCUT2D eigenvalue weighted by Gasteiger charge is -2.23. The summed E-state index contributed by atoms with van der Waals surface area (Å²) in [5.41, 5.74) is 1.80. The lowest BCUT2D eigenvalue weighted by molar-refractivity contribution is 0.0729. The highest BCUT2D eigenvalue weighted by Gasteiger charge is 2.33. The van der Waals surface area contributed by atoms with Crippen molar-refractivity contribution in [2.75, 3.05) is 13.7 Å². The normalized spacial score (nSPS) is 13.3. The van der Waals surface area contributed by atoms with Gasteiger partial charge in [0.1, 0.15) is 0 Å². The number of nitrogens with zero attached hydrogens (tertiary/aromatic N) is 1. The highest BCUT2D eigenvalue weighted by Crippen LogP contribution is 2.33. The third kappa shape index (κ3) is 4.57. The molecule has 1 aliphatic rings. The van der Waals surface area contributed by atoms with Crippen LogP contribution in [0.3, 0.4) is 0 Å². The molecule has 1 amide bonds. The molecule has 0 aromatic heterocycles. The van der Waals surface area contributed by atoms with Crippen molar-refractivity contribution in [1.82, 2.24) is 4.90 Å². The number of hydrogen-bond donors (Lipinski definition) is 0. The van der Waals surface area contributed by atoms with Gasteiger partial charge in [-0.05, 0) is 43.0 Å². The van der Waals surface area contributed by atoms with Crippen LogP contribution in [0.15, 0.2) is 48.5 Å². The van der Waals surface area contributed by atoms with E-state index in [1.807, 2.05) is 35.2 Å². The van der Waals surface area contributed by atoms with Crippen molar-refractivity contribution >= 4 is 5.91 Å². The molecule has 0 saturated heterocycles. The predicted octanol–water partition coefficient (Wildman–Crippen LogP) is 4.68. The van der Waals surface area contributed by atoms with E-state index in [9.17, 15) is 4.79 Å². The molecule has 3 rings (SSSR count). The van der Waals surface area contributed by atoms with Gasteiger partial charge in [0, 0.05) is 18.2 Å². The quantitative estimate of drug-likeness (QED) is 0.615. The lowest BCUT2D eigenvalue weighted by atomic mass is 10.1. The molecule has 26 heavy (non-hydrogen) atoms. The van der Waals surface area contributed by atoms with E-state index in [-0.39, 0.29) is 5.91 Å². The molecule has 4 heteroatoms. The van der Waals surface area contributed by atoms with Gasteiger partial charge in [-0.15, -0.1) is 0 Å². The van der Waals surface area contributed by atoms with E-state index in [1.165, 1.54) is 0 Å². The second-order valence-corrected chi connectivity index (χ2v) is 6.72. The molecule has 1 aliphatic carbocycles. The van der Waals surface area contributed by atoms with Crippen LogP contribution in [0.2, 0.25) is 0 Å². The number of hydrogen-bond acceptors (Lipinski definition) is 3. The van der Waals surface area contributed by atoms with Crippen molar-refractivity contribution in [2.24, 2.45) is 0 Å². The van der Waals surface area contributed by atoms with E-state index < -0.39 is 0 Å². The van der Waals surface area contributed by atoms with Crippen LogP contribution in [0.1, 0.15) is 48.5 Å². The number of ether oxygens (including phenoxy) is 2. The Morgan fingerprint density at radius 2 is 1.88 bits per heavy atom. The molecule has 0 radical (unpaired) electrons. The van der Waals surface area contributed by atoms with Crippen LogP contribution in [0.5, 0.6) is 11.5 Å². The summed E-state index contributed by atoms with van der Waals surface area (Å²) in [5, 5.41) is 0. The van der Waals surface area contributed by atoms with Crippen LogP contribution in [0, 0.1) is 0 Å². The van der Waals surface area contributed by atoms with Gasteiger partial charge in [-0.3, -0.25) is 4.79 Å². The van der Waals surface area contributed by atoms with Gasteiger partial charge in [-0.25, -0.2) is 0 Å². The van der Waals surface area contributed by atoms with Crippen LogP contribution in [0.25, 0.3) is 0 Å². The first-order valence-corrected chi connectivity index (χ1v) is 9.38. The van der Waals surface area contributed by atoms with E-state index in [0.29, 0.717) is 36.3 Å². The molecule has 0 unspecified atom stereocenters. The molecule has 0 aliphatic heterocycles. The zero-order valence-corrected chi connectivity index (χ0v) is 15.6. The molecule has 0 spiro atoms. The number of benzene rings is 2. The summed E-state index contributed by atoms with van der Waals surface area (Å²) in [6, 6.07) is 16.0. The molecule has 0 atom stereocenters. The molecule has 1 saturated carbocycles. The lowest BCUT2D eigenvalue weighted by Crippen LogP contribution is -2.32. The average Bonchev–Trinajstić information content (AvgIpc) is 3.52. The average molecular weight is 353 g/mol. The molecule has 0 bridgehead atoms. The largest absolute Gasteiger partial charge is 0.493 e. The third-order valence-corrected chi connectivity index (χ3v) is 4.61. The molecule has 0 N–H and O–H groups in total. The number of rotatable bonds is 9. The molecule has 2 aromatic carbocycles. The van der Waals surface area contributed by atoms with Gasteiger partial charge in [0.05, 0.1) is 13.7 Å². The molecule has 4 nitrogen and oxygen atoms in total. The first-order valence-electron chi connectivity index (χ1n) is 9.38. The Hall–Kier alpha value is -2.49. The summed E-state index contributed by atoms with van der Waals surface area (Å²) in [6.45, 7) is 3.42. The van der Waals surface area contributed by atoms with Crippen molar-refractivity contribution < 1.29 is 14.3 Å². The van der Waals surface area contributed by atoms with Crippen molar-refractivity contribution in [3.63, 3.8) is 0 Å². The number of carbonyl (C=O) groups excluding carboxylic acids is 1. The Balaban J connectivity index is 1.76. The Bertz CT molecular complexity index is 725. The maximum atomic E-state index is 13.1. The zero-order chi connectivity index (χ0) is 18.4. The fourth-order valence-corrected chi connectivity index (χ4v) is 2.95. The first-order chi connectivity index (χ1) is 12.7. The molecule has 138 valence electrons. The zero-order valence-electron chi connectivity index (χ0n) is 15.6. The molecular formula is C22H27NO3. The van der Waals surface area contributed by atoms with Crippen molar-refractivity contribution in [3.8, 4) is 11.5 Å². The number of unbranched alkanes of at least 4 members (excludes halogenated alkanes) is 1. The highest BCUT2D eigenvalue weighted by atomic mass is 16.5. The minimum atomic E-state index is 0.0507. The van der Waals surface area contributed by atoms with Crippen LogP contribution in [-0.2, 0) is 6.54 Å². The van der Waals surface area contributed by atoms with Gasteiger partial charge in [0.2, 0.25) is 0 Å². The smallest absolute Gasteiger partial charge is 0.254 e. The summed E-state index contributed by atoms with van der Waals surface area (Å²) in [5.74, 6) is 1.36. The van der Waals surface area contributed by atoms with Crippen LogP contribution in [-0.4, -0.2) is 30.6 Å². The minimum absolute atomic E-state index is 0.0507. The summed E-state index contributed by atoms with van der Waals surface area (Å²) < 4.78 is 11.2. The topological polar surface area (TPSA) is 38.8 Å². The van der Waals surface area contributed by atoms with E-state index in [0.717, 1.165) is 31.2 Å². The Labute approximate surface area is 155 Å². The second kappa shape index (κ2) is 8.75. The van der Waals surface area contributed by atoms with E-state index in [1.54, 1.807) is 13.2 Å². The predicted molar refractivity (Wildman–Crippen MR) is 103 cm³/mol. The summed E-state index contributed by atoms with van der Waals surface area (Å²) in [4.78, 5) is 15.1. The summed E-state index contributed by atoms with van der Waals surface area (Å²) >= 11 is 0. The van der Waals surface area contributed by atoms with Crippen molar-refractivity contribution in [3.05, 3.63) is 59.7 Å². The van der Waals surface area contributed by atoms with Gasteiger partial charge in [0.15, 0.2) is 11.5 Å². The third-order valence-electron chi connectivity index (χ3n) is 4.61. The number of amides is 1. The SMILES string of the molecule is CCCCOc1ccc(C(=O)N(Cc2ccccc2)C2CC2)cc1OC. The summed E-state index contributed by atoms with van der Waals surface area (Å²) in [6.07, 6.45) is 4.23. The number of carbonyl (C=O) groups is 1. The first kappa shape index (κ1) is 18.3. The number of methoxy groups -OCH3 is 1. The van der Waals surface area contributed by atoms with Gasteiger partial charge in [-0.1, -0.05) is 43.7 Å². The monoisotopic (exact) mass is 353 g/mol. The standard InChI is InChI=1S/C22H27NO3/c1-3-4-14-26-20-13-10-18(15-21(20)25-2)22(24)23(19-11-12-19)16-17-8-6-5-7-9-17/h5-10,13,15,19H,3-4,11-12,14,16H2,1-2H3. The van der Waals surface area contributed by atoms with E-state index in [4.69, 9.17) is 9.47 Å². The maximum absolute atomic E-state index is 13.1. The van der Waals surface area contributed by atoms with Crippen molar-refractivity contribution in [2.45, 2.75) is 45.2 Å². The van der Waals surface area contributed by atoms with E-state index >= 15 is 0 Å². The van der Waals surface area contributed by atoms with Gasteiger partial charge in [0.25, 0.3) is 5.91 Å². The highest BCUT2D eigenvalue weighted by molar-refractivity contribution is 5.95. The maximum Gasteiger partial charge on any atom is 0.254 e. The molecular weight excluding hydrogens is 326 g/mol. The van der Waals surface area contributed by atoms with Crippen LogP contribution >= 0.6 is 0 Å². The van der Waals surface area contributed by atoms with Gasteiger partial charge in [-0.2, -0.15) is 0 Å². The van der Waals surface area contributed by atoms with Gasteiger partial charge < -0.3 is 14.4 Å². The fourth-order valence-electron chi connectivity index (χ4n) is 2.95. The molecule has 0 heterocycles. The van der Waals surface area contributed by atoms with Crippen molar-refractivity contribution in [1.29, 1.82) is 0 Å². The Morgan fingerprint density at radius 1 is 1.12 bits per heavy atom. The Morgan fingerprint density at radius 3 is 2.54 bits per heavy atom.